The molecule has 0 radical (unpaired) electrons. The molecule has 2 amide bonds. The van der Waals surface area contributed by atoms with Crippen LogP contribution in [0.4, 0.5) is 16.2 Å². The molecule has 1 N–H and O–H groups in total. The molecular formula is C20H23ClN4O3. The molecule has 1 aromatic carbocycles. The second-order valence-electron chi connectivity index (χ2n) is 6.97. The Balaban J connectivity index is 1.75. The molecule has 1 fully saturated rings. The maximum Gasteiger partial charge on any atom is 0.414 e. The number of aromatic nitrogens is 2. The fraction of sp³-hybridized carbons (Fsp3) is 0.350. The molecule has 1 aliphatic heterocycles. The standard InChI is InChI=1S/C20H23ClN4O3/c1-13(2)12-25-19(21)15(14(3)23-25)8-9-18(26)22-16-6-4-5-7-17(16)24-10-11-28-20(24)27/h4-9,13H,10-12H2,1-3H3,(H,22,26). The van der Waals surface area contributed by atoms with Crippen molar-refractivity contribution < 1.29 is 14.3 Å². The molecule has 1 aliphatic rings. The maximum absolute atomic E-state index is 12.4. The summed E-state index contributed by atoms with van der Waals surface area (Å²) in [7, 11) is 0. The van der Waals surface area contributed by atoms with E-state index in [0.717, 1.165) is 5.69 Å². The van der Waals surface area contributed by atoms with E-state index in [9.17, 15) is 9.59 Å². The van der Waals surface area contributed by atoms with Crippen LogP contribution in [0.15, 0.2) is 30.3 Å². The zero-order valence-electron chi connectivity index (χ0n) is 16.1. The number of para-hydroxylation sites is 2. The zero-order valence-corrected chi connectivity index (χ0v) is 16.9. The Morgan fingerprint density at radius 2 is 2.14 bits per heavy atom. The second kappa shape index (κ2) is 8.48. The highest BCUT2D eigenvalue weighted by Crippen LogP contribution is 2.28. The Bertz CT molecular complexity index is 920. The molecule has 0 saturated carbocycles. The average molecular weight is 403 g/mol. The normalized spacial score (nSPS) is 14.2. The van der Waals surface area contributed by atoms with Gasteiger partial charge in [-0.2, -0.15) is 5.10 Å². The Hall–Kier alpha value is -2.80. The van der Waals surface area contributed by atoms with Crippen LogP contribution in [0.25, 0.3) is 6.08 Å². The third-order valence-electron chi connectivity index (χ3n) is 4.26. The van der Waals surface area contributed by atoms with E-state index in [1.165, 1.54) is 11.0 Å². The fourth-order valence-electron chi connectivity index (χ4n) is 2.98. The van der Waals surface area contributed by atoms with Gasteiger partial charge in [-0.1, -0.05) is 37.6 Å². The molecule has 3 rings (SSSR count). The summed E-state index contributed by atoms with van der Waals surface area (Å²) < 4.78 is 6.72. The number of nitrogens with one attached hydrogen (secondary N) is 1. The van der Waals surface area contributed by atoms with Gasteiger partial charge < -0.3 is 10.1 Å². The van der Waals surface area contributed by atoms with Crippen LogP contribution in [0.2, 0.25) is 5.15 Å². The number of halogens is 1. The van der Waals surface area contributed by atoms with Gasteiger partial charge in [0.2, 0.25) is 5.91 Å². The van der Waals surface area contributed by atoms with Crippen molar-refractivity contribution in [3.63, 3.8) is 0 Å². The van der Waals surface area contributed by atoms with Crippen molar-refractivity contribution in [2.45, 2.75) is 27.3 Å². The lowest BCUT2D eigenvalue weighted by Gasteiger charge is -2.17. The SMILES string of the molecule is Cc1nn(CC(C)C)c(Cl)c1C=CC(=O)Nc1ccccc1N1CCOC1=O. The minimum Gasteiger partial charge on any atom is -0.447 e. The van der Waals surface area contributed by atoms with Gasteiger partial charge in [0.15, 0.2) is 0 Å². The summed E-state index contributed by atoms with van der Waals surface area (Å²) >= 11 is 6.40. The lowest BCUT2D eigenvalue weighted by atomic mass is 10.2. The predicted octanol–water partition coefficient (Wildman–Crippen LogP) is 4.11. The quantitative estimate of drug-likeness (QED) is 0.737. The van der Waals surface area contributed by atoms with Gasteiger partial charge >= 0.3 is 6.09 Å². The largest absolute Gasteiger partial charge is 0.447 e. The van der Waals surface area contributed by atoms with Crippen molar-refractivity contribution in [3.05, 3.63) is 46.8 Å². The van der Waals surface area contributed by atoms with Gasteiger partial charge in [0.1, 0.15) is 11.8 Å². The van der Waals surface area contributed by atoms with Gasteiger partial charge in [-0.25, -0.2) is 4.79 Å². The van der Waals surface area contributed by atoms with Crippen molar-refractivity contribution >= 4 is 41.1 Å². The van der Waals surface area contributed by atoms with Crippen LogP contribution in [0.5, 0.6) is 0 Å². The maximum atomic E-state index is 12.4. The molecule has 8 heteroatoms. The molecule has 2 aromatic rings. The minimum atomic E-state index is -0.419. The summed E-state index contributed by atoms with van der Waals surface area (Å²) in [5, 5.41) is 7.75. The average Bonchev–Trinajstić information content (AvgIpc) is 3.17. The number of aryl methyl sites for hydroxylation is 1. The molecule has 28 heavy (non-hydrogen) atoms. The van der Waals surface area contributed by atoms with Crippen LogP contribution in [-0.2, 0) is 16.1 Å². The van der Waals surface area contributed by atoms with E-state index >= 15 is 0 Å². The first-order chi connectivity index (χ1) is 13.4. The highest BCUT2D eigenvalue weighted by atomic mass is 35.5. The number of anilines is 2. The van der Waals surface area contributed by atoms with Gasteiger partial charge in [-0.3, -0.25) is 14.4 Å². The Morgan fingerprint density at radius 3 is 2.82 bits per heavy atom. The van der Waals surface area contributed by atoms with Crippen molar-refractivity contribution in [1.82, 2.24) is 9.78 Å². The zero-order chi connectivity index (χ0) is 20.3. The van der Waals surface area contributed by atoms with E-state index < -0.39 is 6.09 Å². The van der Waals surface area contributed by atoms with Crippen molar-refractivity contribution in [3.8, 4) is 0 Å². The summed E-state index contributed by atoms with van der Waals surface area (Å²) in [5.41, 5.74) is 2.61. The fourth-order valence-corrected chi connectivity index (χ4v) is 3.29. The van der Waals surface area contributed by atoms with Crippen LogP contribution in [-0.4, -0.2) is 34.9 Å². The van der Waals surface area contributed by atoms with Gasteiger partial charge in [0, 0.05) is 18.2 Å². The highest BCUT2D eigenvalue weighted by Gasteiger charge is 2.25. The number of nitrogens with zero attached hydrogens (tertiary/aromatic N) is 3. The third kappa shape index (κ3) is 4.36. The van der Waals surface area contributed by atoms with Gasteiger partial charge in [0.25, 0.3) is 0 Å². The molecule has 148 valence electrons. The number of hydrogen-bond acceptors (Lipinski definition) is 4. The molecule has 7 nitrogen and oxygen atoms in total. The Kier molecular flexibility index (Phi) is 6.04. The number of benzene rings is 1. The lowest BCUT2D eigenvalue weighted by molar-refractivity contribution is -0.111. The van der Waals surface area contributed by atoms with Crippen LogP contribution in [0, 0.1) is 12.8 Å². The molecule has 0 spiro atoms. The monoisotopic (exact) mass is 402 g/mol. The molecule has 0 unspecified atom stereocenters. The number of ether oxygens (including phenoxy) is 1. The first kappa shape index (κ1) is 19.9. The van der Waals surface area contributed by atoms with Crippen LogP contribution < -0.4 is 10.2 Å². The van der Waals surface area contributed by atoms with Gasteiger partial charge in [-0.15, -0.1) is 0 Å². The van der Waals surface area contributed by atoms with Crippen LogP contribution >= 0.6 is 11.6 Å². The van der Waals surface area contributed by atoms with Gasteiger partial charge in [-0.05, 0) is 31.1 Å². The van der Waals surface area contributed by atoms with E-state index in [1.807, 2.05) is 6.92 Å². The summed E-state index contributed by atoms with van der Waals surface area (Å²) in [5.74, 6) is 0.0813. The number of hydrogen-bond donors (Lipinski definition) is 1. The summed E-state index contributed by atoms with van der Waals surface area (Å²) in [6.07, 6.45) is 2.65. The second-order valence-corrected chi connectivity index (χ2v) is 7.33. The molecule has 0 bridgehead atoms. The van der Waals surface area contributed by atoms with Crippen molar-refractivity contribution in [1.29, 1.82) is 0 Å². The van der Waals surface area contributed by atoms with E-state index in [2.05, 4.69) is 24.3 Å². The number of carbonyl (C=O) groups is 2. The first-order valence-electron chi connectivity index (χ1n) is 9.12. The van der Waals surface area contributed by atoms with Crippen LogP contribution in [0.1, 0.15) is 25.1 Å². The third-order valence-corrected chi connectivity index (χ3v) is 4.66. The summed E-state index contributed by atoms with van der Waals surface area (Å²) in [6.45, 7) is 7.52. The summed E-state index contributed by atoms with van der Waals surface area (Å²) in [6, 6.07) is 7.11. The Labute approximate surface area is 168 Å². The van der Waals surface area contributed by atoms with E-state index in [-0.39, 0.29) is 5.91 Å². The first-order valence-corrected chi connectivity index (χ1v) is 9.50. The van der Waals surface area contributed by atoms with Gasteiger partial charge in [0.05, 0.1) is 23.6 Å². The van der Waals surface area contributed by atoms with Crippen molar-refractivity contribution in [2.24, 2.45) is 5.92 Å². The van der Waals surface area contributed by atoms with E-state index in [4.69, 9.17) is 16.3 Å². The lowest BCUT2D eigenvalue weighted by Crippen LogP contribution is -2.25. The van der Waals surface area contributed by atoms with Crippen LogP contribution in [0.3, 0.4) is 0 Å². The smallest absolute Gasteiger partial charge is 0.414 e. The van der Waals surface area contributed by atoms with Crippen molar-refractivity contribution in [2.75, 3.05) is 23.4 Å². The number of amides is 2. The summed E-state index contributed by atoms with van der Waals surface area (Å²) in [4.78, 5) is 25.8. The number of carbonyl (C=O) groups excluding carboxylic acids is 2. The Morgan fingerprint density at radius 1 is 1.39 bits per heavy atom. The number of rotatable bonds is 6. The van der Waals surface area contributed by atoms with E-state index in [0.29, 0.717) is 47.7 Å². The number of cyclic esters (lactones) is 1. The molecular weight excluding hydrogens is 380 g/mol. The molecule has 2 heterocycles. The minimum absolute atomic E-state index is 0.327. The highest BCUT2D eigenvalue weighted by molar-refractivity contribution is 6.31. The molecule has 0 aliphatic carbocycles. The molecule has 1 aromatic heterocycles. The van der Waals surface area contributed by atoms with E-state index in [1.54, 1.807) is 35.0 Å². The predicted molar refractivity (Wildman–Crippen MR) is 110 cm³/mol. The molecule has 1 saturated heterocycles. The molecule has 0 atom stereocenters. The topological polar surface area (TPSA) is 76.5 Å².